The molecule has 6 heteroatoms. The molecular weight excluding hydrogens is 354 g/mol. The van der Waals surface area contributed by atoms with Crippen LogP contribution in [0.1, 0.15) is 12.5 Å². The first-order valence-electron chi connectivity index (χ1n) is 8.51. The van der Waals surface area contributed by atoms with Crippen molar-refractivity contribution in [3.63, 3.8) is 0 Å². The Balaban J connectivity index is 1.58. The van der Waals surface area contributed by atoms with E-state index < -0.39 is 11.9 Å². The molecule has 1 unspecified atom stereocenters. The Morgan fingerprint density at radius 2 is 2.00 bits per heavy atom. The number of carbonyl (C=O) groups excluding carboxylic acids is 2. The summed E-state index contributed by atoms with van der Waals surface area (Å²) in [6.07, 6.45) is 0.485. The van der Waals surface area contributed by atoms with Gasteiger partial charge in [-0.1, -0.05) is 29.8 Å². The van der Waals surface area contributed by atoms with E-state index in [4.69, 9.17) is 21.1 Å². The van der Waals surface area contributed by atoms with Gasteiger partial charge in [-0.15, -0.1) is 0 Å². The molecule has 1 aliphatic heterocycles. The first-order valence-corrected chi connectivity index (χ1v) is 8.89. The van der Waals surface area contributed by atoms with Crippen LogP contribution in [-0.2, 0) is 20.7 Å². The van der Waals surface area contributed by atoms with Crippen LogP contribution in [0, 0.1) is 5.92 Å². The van der Waals surface area contributed by atoms with Crippen LogP contribution >= 0.6 is 11.6 Å². The second-order valence-electron chi connectivity index (χ2n) is 6.05. The molecule has 0 N–H and O–H groups in total. The monoisotopic (exact) mass is 373 g/mol. The molecule has 5 nitrogen and oxygen atoms in total. The Hall–Kier alpha value is -2.53. The van der Waals surface area contributed by atoms with Gasteiger partial charge in [0.2, 0.25) is 0 Å². The van der Waals surface area contributed by atoms with Gasteiger partial charge >= 0.3 is 5.97 Å². The summed E-state index contributed by atoms with van der Waals surface area (Å²) in [4.78, 5) is 26.3. The maximum Gasteiger partial charge on any atom is 0.313 e. The van der Waals surface area contributed by atoms with Crippen LogP contribution < -0.4 is 9.64 Å². The molecule has 26 heavy (non-hydrogen) atoms. The number of esters is 1. The molecule has 0 fully saturated rings. The number of para-hydroxylation sites is 1. The van der Waals surface area contributed by atoms with Crippen molar-refractivity contribution < 1.29 is 19.1 Å². The fourth-order valence-corrected chi connectivity index (χ4v) is 3.15. The van der Waals surface area contributed by atoms with Crippen molar-refractivity contribution >= 4 is 29.2 Å². The number of ether oxygens (including phenoxy) is 2. The number of hydrogen-bond donors (Lipinski definition) is 0. The summed E-state index contributed by atoms with van der Waals surface area (Å²) < 4.78 is 10.9. The predicted molar refractivity (Wildman–Crippen MR) is 99.6 cm³/mol. The number of benzene rings is 2. The summed E-state index contributed by atoms with van der Waals surface area (Å²) in [6.45, 7) is 2.32. The van der Waals surface area contributed by atoms with Crippen LogP contribution in [0.15, 0.2) is 48.5 Å². The van der Waals surface area contributed by atoms with Gasteiger partial charge in [-0.05, 0) is 49.2 Å². The van der Waals surface area contributed by atoms with Crippen LogP contribution in [-0.4, -0.2) is 31.6 Å². The molecule has 1 aliphatic rings. The largest absolute Gasteiger partial charge is 0.492 e. The third-order valence-electron chi connectivity index (χ3n) is 4.29. The summed E-state index contributed by atoms with van der Waals surface area (Å²) in [5.41, 5.74) is 1.65. The third-order valence-corrected chi connectivity index (χ3v) is 4.52. The summed E-state index contributed by atoms with van der Waals surface area (Å²) in [6, 6.07) is 14.6. The highest BCUT2D eigenvalue weighted by Crippen LogP contribution is 2.30. The number of likely N-dealkylation sites (N-methyl/N-ethyl adjacent to an activating group) is 1. The minimum atomic E-state index is -0.444. The van der Waals surface area contributed by atoms with Crippen molar-refractivity contribution in [2.24, 2.45) is 5.92 Å². The first kappa shape index (κ1) is 18.3. The number of amides is 1. The smallest absolute Gasteiger partial charge is 0.313 e. The maximum atomic E-state index is 12.4. The Kier molecular flexibility index (Phi) is 5.78. The van der Waals surface area contributed by atoms with Gasteiger partial charge < -0.3 is 14.4 Å². The number of nitrogens with zero attached hydrogens (tertiary/aromatic N) is 1. The average Bonchev–Trinajstić information content (AvgIpc) is 2.67. The van der Waals surface area contributed by atoms with Crippen molar-refractivity contribution in [1.29, 1.82) is 0 Å². The number of halogens is 1. The van der Waals surface area contributed by atoms with Gasteiger partial charge in [0.1, 0.15) is 12.4 Å². The molecule has 2 aromatic rings. The maximum absolute atomic E-state index is 12.4. The molecule has 136 valence electrons. The van der Waals surface area contributed by atoms with Crippen molar-refractivity contribution in [2.45, 2.75) is 13.3 Å². The van der Waals surface area contributed by atoms with E-state index in [1.54, 1.807) is 23.1 Å². The second kappa shape index (κ2) is 8.23. The van der Waals surface area contributed by atoms with E-state index in [0.717, 1.165) is 17.0 Å². The van der Waals surface area contributed by atoms with E-state index in [2.05, 4.69) is 0 Å². The molecule has 1 atom stereocenters. The highest BCUT2D eigenvalue weighted by molar-refractivity contribution is 6.30. The van der Waals surface area contributed by atoms with Gasteiger partial charge in [0.15, 0.2) is 6.61 Å². The quantitative estimate of drug-likeness (QED) is 0.753. The second-order valence-corrected chi connectivity index (χ2v) is 6.48. The topological polar surface area (TPSA) is 55.8 Å². The summed E-state index contributed by atoms with van der Waals surface area (Å²) in [7, 11) is 0. The lowest BCUT2D eigenvalue weighted by Crippen LogP contribution is -2.36. The molecule has 0 saturated heterocycles. The molecule has 0 saturated carbocycles. The summed E-state index contributed by atoms with van der Waals surface area (Å²) >= 11 is 5.99. The van der Waals surface area contributed by atoms with Gasteiger partial charge in [-0.3, -0.25) is 9.59 Å². The SMILES string of the molecule is CCN(C(=O)COC(=O)C1COc2ccc(Cl)cc2C1)c1ccccc1. The van der Waals surface area contributed by atoms with Gasteiger partial charge in [0.05, 0.1) is 5.92 Å². The highest BCUT2D eigenvalue weighted by Gasteiger charge is 2.28. The van der Waals surface area contributed by atoms with Crippen molar-refractivity contribution in [2.75, 3.05) is 24.7 Å². The number of fused-ring (bicyclic) bond motifs is 1. The zero-order valence-corrected chi connectivity index (χ0v) is 15.2. The van der Waals surface area contributed by atoms with E-state index in [-0.39, 0.29) is 19.1 Å². The Bertz CT molecular complexity index is 794. The molecule has 2 aromatic carbocycles. The highest BCUT2D eigenvalue weighted by atomic mass is 35.5. The van der Waals surface area contributed by atoms with E-state index in [9.17, 15) is 9.59 Å². The normalized spacial score (nSPS) is 15.5. The molecule has 0 spiro atoms. The third kappa shape index (κ3) is 4.17. The zero-order chi connectivity index (χ0) is 18.5. The first-order chi connectivity index (χ1) is 12.6. The van der Waals surface area contributed by atoms with Crippen LogP contribution in [0.4, 0.5) is 5.69 Å². The van der Waals surface area contributed by atoms with Crippen LogP contribution in [0.5, 0.6) is 5.75 Å². The van der Waals surface area contributed by atoms with Gasteiger partial charge in [-0.25, -0.2) is 0 Å². The Morgan fingerprint density at radius 1 is 1.23 bits per heavy atom. The number of hydrogen-bond acceptors (Lipinski definition) is 4. The van der Waals surface area contributed by atoms with E-state index >= 15 is 0 Å². The minimum absolute atomic E-state index is 0.234. The standard InChI is InChI=1S/C20H20ClNO4/c1-2-22(17-6-4-3-5-7-17)19(23)13-26-20(24)15-10-14-11-16(21)8-9-18(14)25-12-15/h3-9,11,15H,2,10,12-13H2,1H3. The molecular formula is C20H20ClNO4. The fraction of sp³-hybridized carbons (Fsp3) is 0.300. The summed E-state index contributed by atoms with van der Waals surface area (Å²) in [5.74, 6) is -0.406. The number of anilines is 1. The molecule has 1 amide bonds. The van der Waals surface area contributed by atoms with Gasteiger partial charge in [0.25, 0.3) is 5.91 Å². The van der Waals surface area contributed by atoms with Crippen LogP contribution in [0.2, 0.25) is 5.02 Å². The molecule has 0 aliphatic carbocycles. The number of carbonyl (C=O) groups is 2. The van der Waals surface area contributed by atoms with Crippen LogP contribution in [0.25, 0.3) is 0 Å². The van der Waals surface area contributed by atoms with Gasteiger partial charge in [-0.2, -0.15) is 0 Å². The zero-order valence-electron chi connectivity index (χ0n) is 14.5. The lowest BCUT2D eigenvalue weighted by Gasteiger charge is -2.25. The molecule has 0 aromatic heterocycles. The Labute approximate surface area is 157 Å². The van der Waals surface area contributed by atoms with E-state index in [1.807, 2.05) is 37.3 Å². The predicted octanol–water partition coefficient (Wildman–Crippen LogP) is 3.49. The van der Waals surface area contributed by atoms with Crippen molar-refractivity contribution in [3.8, 4) is 5.75 Å². The van der Waals surface area contributed by atoms with E-state index in [0.29, 0.717) is 18.0 Å². The molecule has 0 radical (unpaired) electrons. The van der Waals surface area contributed by atoms with Crippen molar-refractivity contribution in [3.05, 3.63) is 59.1 Å². The molecule has 1 heterocycles. The molecule has 3 rings (SSSR count). The summed E-state index contributed by atoms with van der Waals surface area (Å²) in [5, 5.41) is 0.595. The van der Waals surface area contributed by atoms with Crippen molar-refractivity contribution in [1.82, 2.24) is 0 Å². The molecule has 0 bridgehead atoms. The van der Waals surface area contributed by atoms with Crippen LogP contribution in [0.3, 0.4) is 0 Å². The van der Waals surface area contributed by atoms with E-state index in [1.165, 1.54) is 0 Å². The van der Waals surface area contributed by atoms with Gasteiger partial charge in [0, 0.05) is 17.3 Å². The fourth-order valence-electron chi connectivity index (χ4n) is 2.95. The average molecular weight is 374 g/mol. The Morgan fingerprint density at radius 3 is 2.73 bits per heavy atom. The lowest BCUT2D eigenvalue weighted by atomic mass is 9.97. The minimum Gasteiger partial charge on any atom is -0.492 e. The lowest BCUT2D eigenvalue weighted by molar-refractivity contribution is -0.153. The number of rotatable bonds is 5.